The van der Waals surface area contributed by atoms with Crippen molar-refractivity contribution in [2.75, 3.05) is 29.9 Å². The van der Waals surface area contributed by atoms with Crippen molar-refractivity contribution in [3.8, 4) is 0 Å². The van der Waals surface area contributed by atoms with Gasteiger partial charge in [-0.3, -0.25) is 14.4 Å². The highest BCUT2D eigenvalue weighted by Crippen LogP contribution is 2.32. The van der Waals surface area contributed by atoms with Gasteiger partial charge in [0.05, 0.1) is 24.1 Å². The summed E-state index contributed by atoms with van der Waals surface area (Å²) in [4.78, 5) is 37.9. The summed E-state index contributed by atoms with van der Waals surface area (Å²) >= 11 is 0. The zero-order valence-corrected chi connectivity index (χ0v) is 18.7. The Balaban J connectivity index is 1.49. The first-order valence-electron chi connectivity index (χ1n) is 11.6. The number of anilines is 2. The van der Waals surface area contributed by atoms with Gasteiger partial charge in [0.2, 0.25) is 11.9 Å². The van der Waals surface area contributed by atoms with Gasteiger partial charge in [0.1, 0.15) is 5.56 Å². The van der Waals surface area contributed by atoms with E-state index < -0.39 is 59.0 Å². The van der Waals surface area contributed by atoms with Crippen LogP contribution in [0, 0.1) is 5.92 Å². The number of nitrogens with zero attached hydrogens (tertiary/aromatic N) is 4. The third kappa shape index (κ3) is 7.29. The van der Waals surface area contributed by atoms with Gasteiger partial charge in [-0.05, 0) is 25.7 Å². The number of carbonyl (C=O) groups excluding carboxylic acids is 1. The number of nitrogens with one attached hydrogen (secondary N) is 3. The first-order chi connectivity index (χ1) is 17.6. The third-order valence-electron chi connectivity index (χ3n) is 5.12. The molecule has 2 aromatic heterocycles. The Morgan fingerprint density at radius 3 is 2.42 bits per heavy atom. The second-order valence-electron chi connectivity index (χ2n) is 7.95. The molecule has 0 saturated carbocycles. The fraction of sp³-hybridized carbons (Fsp3) is 0.550. The van der Waals surface area contributed by atoms with Gasteiger partial charge in [-0.2, -0.15) is 31.4 Å². The van der Waals surface area contributed by atoms with E-state index in [4.69, 9.17) is 7.58 Å². The van der Waals surface area contributed by atoms with Crippen LogP contribution in [0.5, 0.6) is 0 Å². The quantitative estimate of drug-likeness (QED) is 0.355. The topological polar surface area (TPSA) is 125 Å². The van der Waals surface area contributed by atoms with Crippen molar-refractivity contribution in [3.05, 3.63) is 40.1 Å². The van der Waals surface area contributed by atoms with Crippen LogP contribution in [0.25, 0.3) is 0 Å². The second kappa shape index (κ2) is 11.1. The minimum atomic E-state index is -4.95. The Hall–Kier alpha value is -3.43. The zero-order valence-electron chi connectivity index (χ0n) is 20.7. The molecule has 1 saturated heterocycles. The lowest BCUT2D eigenvalue weighted by Crippen LogP contribution is -2.37. The molecule has 1 aliphatic rings. The molecule has 0 aromatic carbocycles. The number of alkyl halides is 6. The van der Waals surface area contributed by atoms with E-state index in [2.05, 4.69) is 20.4 Å². The highest BCUT2D eigenvalue weighted by molar-refractivity contribution is 5.75. The van der Waals surface area contributed by atoms with Gasteiger partial charge in [-0.1, -0.05) is 0 Å². The Labute approximate surface area is 203 Å². The summed E-state index contributed by atoms with van der Waals surface area (Å²) in [6.07, 6.45) is -9.48. The lowest BCUT2D eigenvalue weighted by molar-refractivity contribution is -0.139. The van der Waals surface area contributed by atoms with Crippen LogP contribution < -0.4 is 21.3 Å². The van der Waals surface area contributed by atoms with Crippen LogP contribution in [0.1, 0.15) is 40.0 Å². The molecular formula is C20H23F6N7O3. The highest BCUT2D eigenvalue weighted by Gasteiger charge is 2.37. The number of piperidine rings is 1. The molecule has 198 valence electrons. The van der Waals surface area contributed by atoms with Crippen molar-refractivity contribution in [1.29, 1.82) is 0 Å². The number of hydrogen-bond acceptors (Lipinski definition) is 8. The summed E-state index contributed by atoms with van der Waals surface area (Å²) in [5.41, 5.74) is -2.56. The Morgan fingerprint density at radius 2 is 1.83 bits per heavy atom. The number of hydrogen-bond donors (Lipinski definition) is 3. The van der Waals surface area contributed by atoms with Gasteiger partial charge in [0, 0.05) is 40.6 Å². The smallest absolute Gasteiger partial charge is 0.378 e. The normalized spacial score (nSPS) is 17.2. The largest absolute Gasteiger partial charge is 0.423 e. The first-order valence-corrected chi connectivity index (χ1v) is 10.6. The molecular weight excluding hydrogens is 500 g/mol. The number of amides is 1. The average molecular weight is 525 g/mol. The molecule has 36 heavy (non-hydrogen) atoms. The lowest BCUT2D eigenvalue weighted by Gasteiger charge is -2.31. The van der Waals surface area contributed by atoms with Crippen LogP contribution >= 0.6 is 0 Å². The second-order valence-corrected chi connectivity index (χ2v) is 7.95. The average Bonchev–Trinajstić information content (AvgIpc) is 2.82. The van der Waals surface area contributed by atoms with Gasteiger partial charge < -0.3 is 10.2 Å². The SMILES string of the molecule is [2H]C([2H])(C(=O)NOC[C@H](C)Nc1cn[nH]c(=O)c1C(F)(F)F)C1CCN(c2ncc(C(F)(F)F)cn2)CC1. The van der Waals surface area contributed by atoms with E-state index in [9.17, 15) is 35.9 Å². The number of halogens is 6. The van der Waals surface area contributed by atoms with Gasteiger partial charge in [0.25, 0.3) is 5.56 Å². The molecule has 0 aliphatic carbocycles. The molecule has 0 bridgehead atoms. The van der Waals surface area contributed by atoms with E-state index in [1.807, 2.05) is 5.48 Å². The predicted octanol–water partition coefficient (Wildman–Crippen LogP) is 2.75. The lowest BCUT2D eigenvalue weighted by atomic mass is 9.93. The fourth-order valence-corrected chi connectivity index (χ4v) is 3.40. The van der Waals surface area contributed by atoms with Crippen LogP contribution in [-0.4, -0.2) is 51.8 Å². The predicted molar refractivity (Wildman–Crippen MR) is 114 cm³/mol. The maximum absolute atomic E-state index is 13.1. The molecule has 10 nitrogen and oxygen atoms in total. The van der Waals surface area contributed by atoms with E-state index in [0.29, 0.717) is 12.4 Å². The van der Waals surface area contributed by atoms with Crippen molar-refractivity contribution in [1.82, 2.24) is 25.6 Å². The summed E-state index contributed by atoms with van der Waals surface area (Å²) in [7, 11) is 0. The van der Waals surface area contributed by atoms with E-state index in [0.717, 1.165) is 6.20 Å². The van der Waals surface area contributed by atoms with Crippen LogP contribution in [0.2, 0.25) is 0 Å². The molecule has 1 amide bonds. The number of aromatic amines is 1. The number of rotatable bonds is 8. The summed E-state index contributed by atoms with van der Waals surface area (Å²) in [5.74, 6) is -1.82. The summed E-state index contributed by atoms with van der Waals surface area (Å²) in [6.45, 7) is 1.41. The molecule has 3 heterocycles. The van der Waals surface area contributed by atoms with Crippen LogP contribution in [0.15, 0.2) is 23.4 Å². The molecule has 0 spiro atoms. The minimum Gasteiger partial charge on any atom is -0.378 e. The first kappa shape index (κ1) is 24.3. The van der Waals surface area contributed by atoms with Crippen LogP contribution in [-0.2, 0) is 22.0 Å². The van der Waals surface area contributed by atoms with Gasteiger partial charge >= 0.3 is 12.4 Å². The summed E-state index contributed by atoms with van der Waals surface area (Å²) in [5, 5.41) is 7.44. The standard InChI is InChI=1S/C20H23F6N7O3/c1-11(30-14-9-29-31-17(35)16(14)20(24,25)26)10-36-32-15(34)6-12-2-4-33(5-3-12)18-27-7-13(8-28-18)19(21,22)23/h7-9,11-12H,2-6,10H2,1H3,(H,32,34)(H2,30,31,35)/t11-/m0/s1/i6D2. The van der Waals surface area contributed by atoms with E-state index >= 15 is 0 Å². The van der Waals surface area contributed by atoms with Crippen LogP contribution in [0.3, 0.4) is 0 Å². The maximum atomic E-state index is 13.1. The third-order valence-corrected chi connectivity index (χ3v) is 5.12. The van der Waals surface area contributed by atoms with Crippen molar-refractivity contribution >= 4 is 17.5 Å². The van der Waals surface area contributed by atoms with Crippen molar-refractivity contribution < 1.29 is 38.7 Å². The summed E-state index contributed by atoms with van der Waals surface area (Å²) < 4.78 is 93.8. The molecule has 3 rings (SSSR count). The monoisotopic (exact) mass is 525 g/mol. The molecule has 1 fully saturated rings. The molecule has 16 heteroatoms. The van der Waals surface area contributed by atoms with Crippen molar-refractivity contribution in [2.45, 2.75) is 44.5 Å². The molecule has 0 radical (unpaired) electrons. The molecule has 1 atom stereocenters. The fourth-order valence-electron chi connectivity index (χ4n) is 3.40. The van der Waals surface area contributed by atoms with Gasteiger partial charge in [-0.25, -0.2) is 20.5 Å². The number of H-pyrrole nitrogens is 1. The number of aromatic nitrogens is 4. The Bertz CT molecular complexity index is 1170. The van der Waals surface area contributed by atoms with Crippen molar-refractivity contribution in [3.63, 3.8) is 0 Å². The number of carbonyl (C=O) groups is 1. The van der Waals surface area contributed by atoms with Crippen molar-refractivity contribution in [2.24, 2.45) is 5.92 Å². The maximum Gasteiger partial charge on any atom is 0.423 e. The van der Waals surface area contributed by atoms with E-state index in [1.54, 1.807) is 10.00 Å². The summed E-state index contributed by atoms with van der Waals surface area (Å²) in [6, 6.07) is -0.849. The van der Waals surface area contributed by atoms with E-state index in [1.165, 1.54) is 6.92 Å². The highest BCUT2D eigenvalue weighted by atomic mass is 19.4. The van der Waals surface area contributed by atoms with Gasteiger partial charge in [0.15, 0.2) is 0 Å². The van der Waals surface area contributed by atoms with Gasteiger partial charge in [-0.15, -0.1) is 0 Å². The molecule has 0 unspecified atom stereocenters. The Morgan fingerprint density at radius 1 is 1.19 bits per heavy atom. The zero-order chi connectivity index (χ0) is 28.3. The molecule has 3 N–H and O–H groups in total. The molecule has 2 aromatic rings. The minimum absolute atomic E-state index is 0.0515. The van der Waals surface area contributed by atoms with Crippen LogP contribution in [0.4, 0.5) is 38.0 Å². The number of hydroxylamine groups is 1. The Kier molecular flexibility index (Phi) is 7.48. The molecule has 1 aliphatic heterocycles. The van der Waals surface area contributed by atoms with E-state index in [-0.39, 0.29) is 38.5 Å².